The van der Waals surface area contributed by atoms with Crippen molar-refractivity contribution in [2.45, 2.75) is 93.9 Å². The Balaban J connectivity index is 1.21. The minimum absolute atomic E-state index is 0.00270. The Bertz CT molecular complexity index is 2010. The van der Waals surface area contributed by atoms with E-state index in [1.165, 1.54) is 4.90 Å². The van der Waals surface area contributed by atoms with Gasteiger partial charge in [0.25, 0.3) is 5.91 Å². The van der Waals surface area contributed by atoms with Gasteiger partial charge in [0.2, 0.25) is 27.7 Å². The summed E-state index contributed by atoms with van der Waals surface area (Å²) >= 11 is 0. The minimum atomic E-state index is -3.92. The van der Waals surface area contributed by atoms with Gasteiger partial charge in [0.05, 0.1) is 38.7 Å². The van der Waals surface area contributed by atoms with Gasteiger partial charge in [-0.15, -0.1) is 0 Å². The predicted octanol–water partition coefficient (Wildman–Crippen LogP) is 2.17. The molecule has 57 heavy (non-hydrogen) atoms. The number of nitrogens with zero attached hydrogens (tertiary/aromatic N) is 3. The zero-order valence-corrected chi connectivity index (χ0v) is 33.6. The molecule has 18 heteroatoms. The molecular formula is C39H52N6O11S. The number of hydrogen-bond donors (Lipinski definition) is 3. The first-order valence-electron chi connectivity index (χ1n) is 19.6. The molecule has 3 aliphatic heterocycles. The highest BCUT2D eigenvalue weighted by molar-refractivity contribution is 7.91. The molecule has 2 saturated heterocycles. The van der Waals surface area contributed by atoms with Crippen molar-refractivity contribution in [1.82, 2.24) is 25.2 Å². The first kappa shape index (κ1) is 40.5. The maximum absolute atomic E-state index is 14.5. The minimum Gasteiger partial charge on any atom is -0.497 e. The van der Waals surface area contributed by atoms with E-state index in [1.807, 2.05) is 30.4 Å². The lowest BCUT2D eigenvalue weighted by Crippen LogP contribution is -2.59. The highest BCUT2D eigenvalue weighted by Crippen LogP contribution is 2.46. The van der Waals surface area contributed by atoms with Crippen molar-refractivity contribution in [2.24, 2.45) is 5.92 Å². The number of anilines is 1. The summed E-state index contributed by atoms with van der Waals surface area (Å²) in [6.45, 7) is 7.41. The number of benzene rings is 1. The number of amides is 4. The number of fused-ring (bicyclic) bond motifs is 3. The molecule has 0 spiro atoms. The number of sulfonamides is 1. The lowest BCUT2D eigenvalue weighted by molar-refractivity contribution is -0.142. The molecule has 5 aliphatic rings. The van der Waals surface area contributed by atoms with Crippen molar-refractivity contribution in [3.05, 3.63) is 36.4 Å². The van der Waals surface area contributed by atoms with Crippen LogP contribution in [0.25, 0.3) is 10.8 Å². The summed E-state index contributed by atoms with van der Waals surface area (Å²) in [4.78, 5) is 64.2. The number of carbonyl (C=O) groups is 4. The number of aromatic nitrogens is 1. The molecule has 4 heterocycles. The molecule has 4 amide bonds. The zero-order valence-electron chi connectivity index (χ0n) is 32.8. The normalized spacial score (nSPS) is 27.9. The van der Waals surface area contributed by atoms with Gasteiger partial charge < -0.3 is 44.1 Å². The number of methoxy groups -OCH3 is 1. The van der Waals surface area contributed by atoms with Crippen LogP contribution < -0.4 is 29.7 Å². The summed E-state index contributed by atoms with van der Waals surface area (Å²) in [5.41, 5.74) is -2.40. The number of hydrogen-bond acceptors (Lipinski definition) is 13. The van der Waals surface area contributed by atoms with E-state index in [-0.39, 0.29) is 38.5 Å². The molecular weight excluding hydrogens is 761 g/mol. The lowest BCUT2D eigenvalue weighted by atomic mass is 10.1. The Kier molecular flexibility index (Phi) is 11.6. The van der Waals surface area contributed by atoms with Gasteiger partial charge in [-0.2, -0.15) is 4.98 Å². The van der Waals surface area contributed by atoms with Gasteiger partial charge in [-0.05, 0) is 82.5 Å². The molecule has 4 fully saturated rings. The fourth-order valence-electron chi connectivity index (χ4n) is 7.45. The van der Waals surface area contributed by atoms with E-state index in [0.29, 0.717) is 68.9 Å². The molecule has 2 aromatic rings. The molecule has 310 valence electrons. The molecule has 0 radical (unpaired) electrons. The van der Waals surface area contributed by atoms with Crippen molar-refractivity contribution < 1.29 is 51.3 Å². The van der Waals surface area contributed by atoms with Gasteiger partial charge in [0, 0.05) is 37.4 Å². The topological polar surface area (TPSA) is 204 Å². The second-order valence-corrected chi connectivity index (χ2v) is 18.2. The largest absolute Gasteiger partial charge is 0.497 e. The van der Waals surface area contributed by atoms with Gasteiger partial charge in [0.15, 0.2) is 0 Å². The number of ether oxygens (including phenoxy) is 5. The van der Waals surface area contributed by atoms with E-state index >= 15 is 0 Å². The van der Waals surface area contributed by atoms with Crippen LogP contribution in [0.3, 0.4) is 0 Å². The van der Waals surface area contributed by atoms with E-state index in [9.17, 15) is 27.6 Å². The highest BCUT2D eigenvalue weighted by Gasteiger charge is 2.62. The summed E-state index contributed by atoms with van der Waals surface area (Å²) < 4.78 is 57.0. The molecule has 1 aromatic carbocycles. The van der Waals surface area contributed by atoms with E-state index in [0.717, 1.165) is 5.39 Å². The van der Waals surface area contributed by atoms with Crippen molar-refractivity contribution >= 4 is 50.4 Å². The van der Waals surface area contributed by atoms with Crippen molar-refractivity contribution in [3.8, 4) is 11.6 Å². The molecule has 17 nitrogen and oxygen atoms in total. The SMILES string of the molecule is COc1ccc2c(OC3C[C@H]4C(=O)N[C@]5(C(=O)NS(=O)(=O)C6CC6)CC5/C=C\CCCOC[C@H](NC(=O)OC(C)(C)C)C(=O)N4C3)nc(N3CCOCC3)cc2c1. The number of allylic oxidation sites excluding steroid dienone is 1. The third-order valence-corrected chi connectivity index (χ3v) is 12.5. The fourth-order valence-corrected chi connectivity index (χ4v) is 8.82. The molecule has 1 aromatic heterocycles. The molecule has 5 atom stereocenters. The van der Waals surface area contributed by atoms with Crippen LogP contribution in [0.5, 0.6) is 11.6 Å². The summed E-state index contributed by atoms with van der Waals surface area (Å²) in [6.07, 6.45) is 4.30. The zero-order chi connectivity index (χ0) is 40.5. The summed E-state index contributed by atoms with van der Waals surface area (Å²) in [6, 6.07) is 5.04. The van der Waals surface area contributed by atoms with E-state index < -0.39 is 74.3 Å². The van der Waals surface area contributed by atoms with E-state index in [2.05, 4.69) is 20.3 Å². The Morgan fingerprint density at radius 3 is 2.56 bits per heavy atom. The second kappa shape index (κ2) is 16.3. The average Bonchev–Trinajstić information content (AvgIpc) is 4.09. The number of rotatable bonds is 8. The number of carbonyl (C=O) groups excluding carboxylic acids is 4. The Hall–Kier alpha value is -4.68. The maximum Gasteiger partial charge on any atom is 0.408 e. The number of pyridine rings is 1. The fraction of sp³-hybridized carbons (Fsp3) is 0.615. The molecule has 2 aliphatic carbocycles. The molecule has 2 saturated carbocycles. The number of nitrogens with one attached hydrogen (secondary N) is 3. The van der Waals surface area contributed by atoms with Crippen LogP contribution in [0.1, 0.15) is 59.3 Å². The van der Waals surface area contributed by atoms with Gasteiger partial charge >= 0.3 is 6.09 Å². The molecule has 3 N–H and O–H groups in total. The highest BCUT2D eigenvalue weighted by atomic mass is 32.2. The lowest BCUT2D eigenvalue weighted by Gasteiger charge is -2.30. The second-order valence-electron chi connectivity index (χ2n) is 16.2. The Morgan fingerprint density at radius 2 is 1.84 bits per heavy atom. The van der Waals surface area contributed by atoms with Crippen LogP contribution in [-0.2, 0) is 38.6 Å². The van der Waals surface area contributed by atoms with Crippen LogP contribution >= 0.6 is 0 Å². The third-order valence-electron chi connectivity index (χ3n) is 10.7. The van der Waals surface area contributed by atoms with Crippen LogP contribution in [-0.4, -0.2) is 130 Å². The smallest absolute Gasteiger partial charge is 0.408 e. The van der Waals surface area contributed by atoms with Crippen molar-refractivity contribution in [2.75, 3.05) is 58.1 Å². The van der Waals surface area contributed by atoms with Gasteiger partial charge in [-0.3, -0.25) is 19.1 Å². The monoisotopic (exact) mass is 812 g/mol. The van der Waals surface area contributed by atoms with Gasteiger partial charge in [0.1, 0.15) is 40.9 Å². The standard InChI is InChI=1S/C39H52N6O11S/c1-38(2,3)56-37(49)40-30-23-54-15-7-5-6-8-25-21-39(25,36(48)43-57(50,51)28-10-11-28)42-33(46)31-20-27(22-45(31)35(30)47)55-34-29-12-9-26(52-4)18-24(29)19-32(41-34)44-13-16-53-17-14-44/h6,8-9,12,18-19,25,27-28,30-31H,5,7,10-11,13-17,20-23H2,1-4H3,(H,40,49)(H,42,46)(H,43,48)/b8-6-/t25?,27?,30-,31-,39+/m0/s1. The van der Waals surface area contributed by atoms with E-state index in [1.54, 1.807) is 33.9 Å². The maximum atomic E-state index is 14.5. The van der Waals surface area contributed by atoms with Gasteiger partial charge in [-0.25, -0.2) is 13.2 Å². The Morgan fingerprint density at radius 1 is 1.07 bits per heavy atom. The quantitative estimate of drug-likeness (QED) is 0.328. The first-order chi connectivity index (χ1) is 27.2. The number of morpholine rings is 1. The average molecular weight is 813 g/mol. The van der Waals surface area contributed by atoms with E-state index in [4.69, 9.17) is 28.7 Å². The van der Waals surface area contributed by atoms with Crippen LogP contribution in [0.15, 0.2) is 36.4 Å². The van der Waals surface area contributed by atoms with Crippen molar-refractivity contribution in [3.63, 3.8) is 0 Å². The van der Waals surface area contributed by atoms with Gasteiger partial charge in [-0.1, -0.05) is 12.2 Å². The molecule has 0 bridgehead atoms. The molecule has 7 rings (SSSR count). The molecule has 2 unspecified atom stereocenters. The van der Waals surface area contributed by atoms with Crippen LogP contribution in [0, 0.1) is 5.92 Å². The third kappa shape index (κ3) is 9.39. The Labute approximate surface area is 332 Å². The first-order valence-corrected chi connectivity index (χ1v) is 21.1. The van der Waals surface area contributed by atoms with Crippen LogP contribution in [0.2, 0.25) is 0 Å². The predicted molar refractivity (Wildman–Crippen MR) is 207 cm³/mol. The summed E-state index contributed by atoms with van der Waals surface area (Å²) in [5, 5.41) is 6.36. The summed E-state index contributed by atoms with van der Waals surface area (Å²) in [7, 11) is -2.34. The van der Waals surface area contributed by atoms with Crippen LogP contribution in [0.4, 0.5) is 10.6 Å². The van der Waals surface area contributed by atoms with Crippen molar-refractivity contribution in [1.29, 1.82) is 0 Å². The number of alkyl carbamates (subject to hydrolysis) is 1. The summed E-state index contributed by atoms with van der Waals surface area (Å²) in [5.74, 6) is -0.981.